The van der Waals surface area contributed by atoms with Crippen LogP contribution in [0.4, 0.5) is 0 Å². The Morgan fingerprint density at radius 2 is 2.13 bits per heavy atom. The Kier molecular flexibility index (Phi) is 5.08. The van der Waals surface area contributed by atoms with Crippen molar-refractivity contribution in [1.82, 2.24) is 5.32 Å². The lowest BCUT2D eigenvalue weighted by molar-refractivity contribution is 0.102. The van der Waals surface area contributed by atoms with E-state index in [1.165, 1.54) is 0 Å². The monoisotopic (exact) mass is 273 g/mol. The minimum Gasteiger partial charge on any atom is -0.496 e. The van der Waals surface area contributed by atoms with E-state index in [0.717, 1.165) is 22.3 Å². The first-order valence-electron chi connectivity index (χ1n) is 4.73. The van der Waals surface area contributed by atoms with Crippen LogP contribution in [-0.4, -0.2) is 27.8 Å². The second-order valence-corrected chi connectivity index (χ2v) is 4.08. The van der Waals surface area contributed by atoms with Gasteiger partial charge in [0.2, 0.25) is 0 Å². The largest absolute Gasteiger partial charge is 0.496 e. The highest BCUT2D eigenvalue weighted by Crippen LogP contribution is 2.29. The predicted octanol–water partition coefficient (Wildman–Crippen LogP) is 2.36. The quantitative estimate of drug-likeness (QED) is 0.894. The maximum absolute atomic E-state index is 5.41. The van der Waals surface area contributed by atoms with Crippen molar-refractivity contribution in [3.8, 4) is 5.75 Å². The van der Waals surface area contributed by atoms with Gasteiger partial charge in [-0.2, -0.15) is 0 Å². The van der Waals surface area contributed by atoms with Crippen LogP contribution in [0, 0.1) is 0 Å². The molecule has 0 aliphatic heterocycles. The van der Waals surface area contributed by atoms with Gasteiger partial charge in [-0.15, -0.1) is 0 Å². The summed E-state index contributed by atoms with van der Waals surface area (Å²) in [4.78, 5) is 0. The third-order valence-corrected chi connectivity index (χ3v) is 2.71. The molecule has 0 radical (unpaired) electrons. The first-order valence-corrected chi connectivity index (χ1v) is 5.53. The molecular weight excluding hydrogens is 258 g/mol. The lowest BCUT2D eigenvalue weighted by Crippen LogP contribution is -2.19. The summed E-state index contributed by atoms with van der Waals surface area (Å²) in [6.45, 7) is 0.753. The summed E-state index contributed by atoms with van der Waals surface area (Å²) in [5, 5.41) is 3.09. The highest BCUT2D eigenvalue weighted by Gasteiger charge is 2.14. The molecule has 0 saturated carbocycles. The SMILES string of the molecule is CNCC(OC)c1cc(Br)ccc1OC. The van der Waals surface area contributed by atoms with Crippen LogP contribution in [0.5, 0.6) is 5.75 Å². The van der Waals surface area contributed by atoms with E-state index in [4.69, 9.17) is 9.47 Å². The van der Waals surface area contributed by atoms with Crippen LogP contribution in [-0.2, 0) is 4.74 Å². The second kappa shape index (κ2) is 6.10. The van der Waals surface area contributed by atoms with Crippen LogP contribution in [0.1, 0.15) is 11.7 Å². The molecule has 1 aromatic rings. The molecule has 3 nitrogen and oxygen atoms in total. The zero-order valence-corrected chi connectivity index (χ0v) is 10.8. The molecule has 0 spiro atoms. The van der Waals surface area contributed by atoms with Crippen molar-refractivity contribution in [3.05, 3.63) is 28.2 Å². The smallest absolute Gasteiger partial charge is 0.124 e. The van der Waals surface area contributed by atoms with Crippen molar-refractivity contribution in [1.29, 1.82) is 0 Å². The molecular formula is C11H16BrNO2. The van der Waals surface area contributed by atoms with Crippen molar-refractivity contribution in [3.63, 3.8) is 0 Å². The summed E-state index contributed by atoms with van der Waals surface area (Å²) in [5.74, 6) is 0.848. The van der Waals surface area contributed by atoms with E-state index in [-0.39, 0.29) is 6.10 Å². The molecule has 84 valence electrons. The molecule has 0 aliphatic carbocycles. The van der Waals surface area contributed by atoms with Crippen LogP contribution in [0.15, 0.2) is 22.7 Å². The molecule has 1 unspecified atom stereocenters. The molecule has 0 aromatic heterocycles. The van der Waals surface area contributed by atoms with E-state index in [2.05, 4.69) is 21.2 Å². The van der Waals surface area contributed by atoms with Crippen LogP contribution in [0.25, 0.3) is 0 Å². The first kappa shape index (κ1) is 12.5. The molecule has 1 atom stereocenters. The number of methoxy groups -OCH3 is 2. The number of nitrogens with one attached hydrogen (secondary N) is 1. The van der Waals surface area contributed by atoms with Crippen LogP contribution in [0.3, 0.4) is 0 Å². The number of likely N-dealkylation sites (N-methyl/N-ethyl adjacent to an activating group) is 1. The average molecular weight is 274 g/mol. The fourth-order valence-corrected chi connectivity index (χ4v) is 1.84. The molecule has 0 bridgehead atoms. The Morgan fingerprint density at radius 3 is 2.67 bits per heavy atom. The summed E-state index contributed by atoms with van der Waals surface area (Å²) in [5.41, 5.74) is 1.05. The topological polar surface area (TPSA) is 30.5 Å². The van der Waals surface area contributed by atoms with E-state index >= 15 is 0 Å². The summed E-state index contributed by atoms with van der Waals surface area (Å²) in [6, 6.07) is 5.90. The van der Waals surface area contributed by atoms with Gasteiger partial charge in [0, 0.05) is 23.7 Å². The van der Waals surface area contributed by atoms with Gasteiger partial charge >= 0.3 is 0 Å². The van der Waals surface area contributed by atoms with Gasteiger partial charge in [0.25, 0.3) is 0 Å². The normalized spacial score (nSPS) is 12.5. The Morgan fingerprint density at radius 1 is 1.40 bits per heavy atom. The summed E-state index contributed by atoms with van der Waals surface area (Å²) in [6.07, 6.45) is 0.00227. The number of halogens is 1. The summed E-state index contributed by atoms with van der Waals surface area (Å²) >= 11 is 3.44. The third kappa shape index (κ3) is 3.19. The van der Waals surface area contributed by atoms with Gasteiger partial charge in [-0.3, -0.25) is 0 Å². The molecule has 0 aliphatic rings. The van der Waals surface area contributed by atoms with E-state index in [1.807, 2.05) is 25.2 Å². The highest BCUT2D eigenvalue weighted by atomic mass is 79.9. The van der Waals surface area contributed by atoms with Gasteiger partial charge in [-0.05, 0) is 25.2 Å². The van der Waals surface area contributed by atoms with Gasteiger partial charge in [-0.25, -0.2) is 0 Å². The lowest BCUT2D eigenvalue weighted by atomic mass is 10.1. The third-order valence-electron chi connectivity index (χ3n) is 2.21. The Hall–Kier alpha value is -0.580. The maximum atomic E-state index is 5.41. The molecule has 4 heteroatoms. The minimum absolute atomic E-state index is 0.00227. The van der Waals surface area contributed by atoms with E-state index in [0.29, 0.717) is 0 Å². The Bertz CT molecular complexity index is 317. The summed E-state index contributed by atoms with van der Waals surface area (Å²) in [7, 11) is 5.26. The molecule has 1 rings (SSSR count). The van der Waals surface area contributed by atoms with Crippen molar-refractivity contribution in [2.24, 2.45) is 0 Å². The lowest BCUT2D eigenvalue weighted by Gasteiger charge is -2.18. The fraction of sp³-hybridized carbons (Fsp3) is 0.455. The standard InChI is InChI=1S/C11H16BrNO2/c1-13-7-11(15-3)9-6-8(12)4-5-10(9)14-2/h4-6,11,13H,7H2,1-3H3. The molecule has 1 aromatic carbocycles. The van der Waals surface area contributed by atoms with Crippen molar-refractivity contribution in [2.45, 2.75) is 6.10 Å². The number of hydrogen-bond donors (Lipinski definition) is 1. The van der Waals surface area contributed by atoms with Gasteiger partial charge in [0.05, 0.1) is 13.2 Å². The van der Waals surface area contributed by atoms with Gasteiger partial charge < -0.3 is 14.8 Å². The van der Waals surface area contributed by atoms with Gasteiger partial charge in [-0.1, -0.05) is 15.9 Å². The first-order chi connectivity index (χ1) is 7.22. The molecule has 15 heavy (non-hydrogen) atoms. The molecule has 0 fully saturated rings. The fourth-order valence-electron chi connectivity index (χ4n) is 1.46. The second-order valence-electron chi connectivity index (χ2n) is 3.17. The van der Waals surface area contributed by atoms with Crippen LogP contribution in [0.2, 0.25) is 0 Å². The predicted molar refractivity (Wildman–Crippen MR) is 64.4 cm³/mol. The van der Waals surface area contributed by atoms with Gasteiger partial charge in [0.15, 0.2) is 0 Å². The van der Waals surface area contributed by atoms with Crippen molar-refractivity contribution < 1.29 is 9.47 Å². The van der Waals surface area contributed by atoms with Crippen molar-refractivity contribution in [2.75, 3.05) is 27.8 Å². The molecule has 0 heterocycles. The molecule has 0 amide bonds. The highest BCUT2D eigenvalue weighted by molar-refractivity contribution is 9.10. The number of rotatable bonds is 5. The van der Waals surface area contributed by atoms with E-state index in [1.54, 1.807) is 14.2 Å². The minimum atomic E-state index is 0.00227. The Balaban J connectivity index is 3.02. The van der Waals surface area contributed by atoms with Crippen molar-refractivity contribution >= 4 is 15.9 Å². The van der Waals surface area contributed by atoms with Crippen LogP contribution >= 0.6 is 15.9 Å². The number of hydrogen-bond acceptors (Lipinski definition) is 3. The van der Waals surface area contributed by atoms with E-state index < -0.39 is 0 Å². The Labute approximate surface area is 98.9 Å². The number of ether oxygens (including phenoxy) is 2. The van der Waals surface area contributed by atoms with Crippen LogP contribution < -0.4 is 10.1 Å². The average Bonchev–Trinajstić information content (AvgIpc) is 2.26. The maximum Gasteiger partial charge on any atom is 0.124 e. The zero-order valence-electron chi connectivity index (χ0n) is 9.21. The molecule has 1 N–H and O–H groups in total. The molecule has 0 saturated heterocycles. The zero-order chi connectivity index (χ0) is 11.3. The van der Waals surface area contributed by atoms with Gasteiger partial charge in [0.1, 0.15) is 5.75 Å². The van der Waals surface area contributed by atoms with E-state index in [9.17, 15) is 0 Å². The summed E-state index contributed by atoms with van der Waals surface area (Å²) < 4.78 is 11.7. The number of benzene rings is 1.